The normalized spacial score (nSPS) is 19.4. The third-order valence-electron chi connectivity index (χ3n) is 17.4. The van der Waals surface area contributed by atoms with Crippen LogP contribution in [0, 0.1) is 48.0 Å². The molecular weight excluding hydrogens is 1180 g/mol. The molecule has 0 saturated carbocycles. The fourth-order valence-electron chi connectivity index (χ4n) is 12.5. The Balaban J connectivity index is 0.000000182. The maximum atomic E-state index is 16.5. The number of carbonyl (C=O) groups is 2. The highest BCUT2D eigenvalue weighted by Crippen LogP contribution is 2.40. The number of rotatable bonds is 14. The Morgan fingerprint density at radius 2 is 1.32 bits per heavy atom. The summed E-state index contributed by atoms with van der Waals surface area (Å²) in [7, 11) is 5.01. The number of methoxy groups -OCH3 is 1. The average Bonchev–Trinajstić information content (AvgIpc) is 0.866. The van der Waals surface area contributed by atoms with Crippen LogP contribution in [0.1, 0.15) is 90.7 Å². The molecular formula is C71H76F5N11O5. The smallest absolute Gasteiger partial charge is 0.320 e. The summed E-state index contributed by atoms with van der Waals surface area (Å²) in [4.78, 5) is 58.6. The molecule has 16 nitrogen and oxygen atoms in total. The summed E-state index contributed by atoms with van der Waals surface area (Å²) < 4.78 is 91.7. The number of anilines is 1. The third kappa shape index (κ3) is 13.8. The van der Waals surface area contributed by atoms with Gasteiger partial charge in [-0.05, 0) is 95.1 Å². The molecule has 1 N–H and O–H groups in total. The summed E-state index contributed by atoms with van der Waals surface area (Å²) in [6.45, 7) is 20.6. The van der Waals surface area contributed by atoms with Gasteiger partial charge in [0.15, 0.2) is 11.6 Å². The number of halogens is 5. The lowest BCUT2D eigenvalue weighted by Gasteiger charge is -2.32. The maximum absolute atomic E-state index is 16.5. The summed E-state index contributed by atoms with van der Waals surface area (Å²) in [6.07, 6.45) is 22.7. The predicted molar refractivity (Wildman–Crippen MR) is 350 cm³/mol. The molecule has 4 saturated heterocycles. The Labute approximate surface area is 533 Å². The molecule has 12 rings (SSSR count). The van der Waals surface area contributed by atoms with E-state index in [4.69, 9.17) is 27.1 Å². The van der Waals surface area contributed by atoms with Crippen molar-refractivity contribution in [3.8, 4) is 65.1 Å². The number of hydrogen-bond donors (Lipinski definition) is 1. The van der Waals surface area contributed by atoms with Crippen molar-refractivity contribution in [3.05, 3.63) is 133 Å². The largest absolute Gasteiger partial charge is 0.471 e. The van der Waals surface area contributed by atoms with Crippen LogP contribution < -0.4 is 24.4 Å². The van der Waals surface area contributed by atoms with E-state index in [-0.39, 0.29) is 92.9 Å². The lowest BCUT2D eigenvalue weighted by atomic mass is 9.96. The van der Waals surface area contributed by atoms with Crippen molar-refractivity contribution in [3.63, 3.8) is 0 Å². The van der Waals surface area contributed by atoms with Gasteiger partial charge in [-0.25, -0.2) is 22.0 Å². The van der Waals surface area contributed by atoms with Crippen molar-refractivity contribution < 1.29 is 45.8 Å². The van der Waals surface area contributed by atoms with Crippen molar-refractivity contribution in [1.29, 1.82) is 0 Å². The quantitative estimate of drug-likeness (QED) is 0.0621. The van der Waals surface area contributed by atoms with Gasteiger partial charge in [0.25, 0.3) is 0 Å². The minimum atomic E-state index is -0.759. The van der Waals surface area contributed by atoms with Crippen LogP contribution in [0.15, 0.2) is 98.4 Å². The Morgan fingerprint density at radius 1 is 0.761 bits per heavy atom. The fraction of sp³-hybridized carbons (Fsp3) is 0.380. The second kappa shape index (κ2) is 29.8. The minimum absolute atomic E-state index is 0.00102. The number of carbonyl (C=O) groups excluding carboxylic acids is 2. The van der Waals surface area contributed by atoms with Crippen LogP contribution >= 0.6 is 0 Å². The zero-order chi connectivity index (χ0) is 66.1. The Hall–Kier alpha value is -9.31. The molecule has 92 heavy (non-hydrogen) atoms. The summed E-state index contributed by atoms with van der Waals surface area (Å²) in [6, 6.07) is 16.0. The lowest BCUT2D eigenvalue weighted by molar-refractivity contribution is -0.127. The van der Waals surface area contributed by atoms with Crippen LogP contribution in [-0.2, 0) is 9.59 Å². The zero-order valence-electron chi connectivity index (χ0n) is 53.1. The van der Waals surface area contributed by atoms with Gasteiger partial charge in [0.05, 0.1) is 41.1 Å². The highest BCUT2D eigenvalue weighted by Gasteiger charge is 2.39. The zero-order valence-corrected chi connectivity index (χ0v) is 53.1. The standard InChI is InChI=1S/C32H32F2N6O2.C28H22F2N4O3.C7H12FN.C4H10/c1-7-21-24(33)13-12-20-10-9-11-22(27(20)21)29-28(34)30-23(17-36-29)31(38-32(37-30)42-18(3)16-35-5)39(6)25-14-15-40(19(25)4)26(41)8-2;1-5-17-20(29)11-10-16-8-7-9-18(23(16)17)25-24(30)26-19(14-31-25)27(33-28(32-26)36-4)37-21-12-13-34(15(21)3)22(35)6-2;8-6-4-7-2-1-3-9(7)5-6;1-3-4-2/h1,8-13,17-19,25,35H,2,14-16H2,3-6H3;1,6-11,14-15,21H,2,12-13H2,3-4H3;6-7H,1-5H2;3-4H2,1-2H3. The number of amides is 2. The van der Waals surface area contributed by atoms with Crippen LogP contribution in [0.5, 0.6) is 17.9 Å². The predicted octanol–water partition coefficient (Wildman–Crippen LogP) is 12.4. The number of alkyl halides is 1. The number of unbranched alkanes of at least 4 members (excludes halogenated alkanes) is 1. The van der Waals surface area contributed by atoms with Gasteiger partial charge in [-0.15, -0.1) is 12.8 Å². The van der Waals surface area contributed by atoms with Gasteiger partial charge in [-0.2, -0.15) is 19.9 Å². The van der Waals surface area contributed by atoms with Crippen LogP contribution in [-0.4, -0.2) is 153 Å². The van der Waals surface area contributed by atoms with E-state index in [9.17, 15) is 22.8 Å². The number of benzene rings is 4. The van der Waals surface area contributed by atoms with Crippen molar-refractivity contribution in [2.45, 2.75) is 122 Å². The van der Waals surface area contributed by atoms with E-state index in [2.05, 4.69) is 79.0 Å². The van der Waals surface area contributed by atoms with Crippen molar-refractivity contribution in [2.75, 3.05) is 58.8 Å². The molecule has 0 aliphatic carbocycles. The molecule has 4 fully saturated rings. The van der Waals surface area contributed by atoms with Crippen LogP contribution in [0.3, 0.4) is 0 Å². The van der Waals surface area contributed by atoms with Crippen LogP contribution in [0.2, 0.25) is 0 Å². The van der Waals surface area contributed by atoms with E-state index < -0.39 is 35.5 Å². The Morgan fingerprint density at radius 3 is 1.86 bits per heavy atom. The number of hydrogen-bond acceptors (Lipinski definition) is 14. The van der Waals surface area contributed by atoms with Crippen molar-refractivity contribution in [1.82, 2.24) is 49.9 Å². The van der Waals surface area contributed by atoms with Gasteiger partial charge in [-0.1, -0.05) is 100 Å². The van der Waals surface area contributed by atoms with Crippen LogP contribution in [0.4, 0.5) is 27.8 Å². The molecule has 4 aromatic carbocycles. The molecule has 0 spiro atoms. The molecule has 0 bridgehead atoms. The van der Waals surface area contributed by atoms with E-state index >= 15 is 8.78 Å². The first-order valence-corrected chi connectivity index (χ1v) is 30.9. The fourth-order valence-corrected chi connectivity index (χ4v) is 12.5. The van der Waals surface area contributed by atoms with Crippen molar-refractivity contribution in [2.24, 2.45) is 0 Å². The summed E-state index contributed by atoms with van der Waals surface area (Å²) >= 11 is 0. The number of likely N-dealkylation sites (tertiary alicyclic amines) is 2. The molecule has 8 aromatic rings. The second-order valence-electron chi connectivity index (χ2n) is 23.1. The van der Waals surface area contributed by atoms with Gasteiger partial charge in [-0.3, -0.25) is 24.5 Å². The number of pyridine rings is 2. The van der Waals surface area contributed by atoms with Gasteiger partial charge < -0.3 is 34.2 Å². The van der Waals surface area contributed by atoms with Gasteiger partial charge in [0.1, 0.15) is 58.3 Å². The molecule has 0 radical (unpaired) electrons. The Kier molecular flexibility index (Phi) is 21.7. The first-order chi connectivity index (χ1) is 44.3. The highest BCUT2D eigenvalue weighted by atomic mass is 19.1. The maximum Gasteiger partial charge on any atom is 0.320 e. The lowest BCUT2D eigenvalue weighted by Crippen LogP contribution is -2.43. The summed E-state index contributed by atoms with van der Waals surface area (Å²) in [5.41, 5.74) is 0.585. The number of fused-ring (bicyclic) bond motifs is 5. The average molecular weight is 1260 g/mol. The molecule has 480 valence electrons. The second-order valence-corrected chi connectivity index (χ2v) is 23.1. The summed E-state index contributed by atoms with van der Waals surface area (Å²) in [5, 5.41) is 5.71. The molecule has 4 aliphatic heterocycles. The minimum Gasteiger partial charge on any atom is -0.471 e. The number of likely N-dealkylation sites (N-methyl/N-ethyl adjacent to an activating group) is 2. The number of ether oxygens (including phenoxy) is 3. The van der Waals surface area contributed by atoms with E-state index in [1.165, 1.54) is 69.5 Å². The molecule has 7 unspecified atom stereocenters. The monoisotopic (exact) mass is 1260 g/mol. The van der Waals surface area contributed by atoms with Gasteiger partial charge in [0, 0.05) is 86.0 Å². The molecule has 8 heterocycles. The molecule has 2 amide bonds. The first kappa shape index (κ1) is 67.1. The molecule has 7 atom stereocenters. The highest BCUT2D eigenvalue weighted by molar-refractivity contribution is 6.03. The summed E-state index contributed by atoms with van der Waals surface area (Å²) in [5.74, 6) is 2.30. The number of nitrogens with zero attached hydrogens (tertiary/aromatic N) is 10. The first-order valence-electron chi connectivity index (χ1n) is 30.9. The SMILES string of the molecule is C#Cc1c(F)ccc2cccc(-c3ncc4c(N(C)C5CCN(C(=O)C=C)C5C)nc(OC(C)CNC)nc4c3F)c12.C#Cc1c(F)ccc2cccc(-c3ncc4c(OC5CCN(C(=O)C=C)C5C)nc(OC)nc4c3F)c12.CCCC.FC1CC2CCCN2C1. The Bertz CT molecular complexity index is 4150. The molecule has 4 aliphatic rings. The molecule has 4 aromatic heterocycles. The van der Waals surface area contributed by atoms with Crippen LogP contribution in [0.25, 0.3) is 65.9 Å². The number of nitrogens with one attached hydrogen (secondary N) is 1. The number of aromatic nitrogens is 6. The molecule has 21 heteroatoms. The third-order valence-corrected chi connectivity index (χ3v) is 17.4. The van der Waals surface area contributed by atoms with E-state index in [1.54, 1.807) is 65.4 Å². The van der Waals surface area contributed by atoms with Crippen molar-refractivity contribution >= 4 is 61.0 Å². The van der Waals surface area contributed by atoms with E-state index in [1.807, 2.05) is 32.7 Å². The topological polar surface area (TPSA) is 164 Å². The van der Waals surface area contributed by atoms with E-state index in [0.717, 1.165) is 13.0 Å². The van der Waals surface area contributed by atoms with Gasteiger partial charge >= 0.3 is 12.0 Å². The van der Waals surface area contributed by atoms with E-state index in [0.29, 0.717) is 88.9 Å². The van der Waals surface area contributed by atoms with Gasteiger partial charge in [0.2, 0.25) is 17.7 Å². The number of terminal acetylenes is 2.